The van der Waals surface area contributed by atoms with Gasteiger partial charge in [-0.25, -0.2) is 9.78 Å². The molecule has 0 atom stereocenters. The van der Waals surface area contributed by atoms with Gasteiger partial charge in [0, 0.05) is 7.05 Å². The molecular weight excluding hydrogens is 284 g/mol. The topological polar surface area (TPSA) is 95.6 Å². The van der Waals surface area contributed by atoms with Crippen molar-refractivity contribution < 1.29 is 20.1 Å². The lowest BCUT2D eigenvalue weighted by atomic mass is 10.0. The second kappa shape index (κ2) is 8.51. The number of benzene rings is 1. The maximum Gasteiger partial charge on any atom is 0.329 e. The lowest BCUT2D eigenvalue weighted by molar-refractivity contribution is -0.140. The highest BCUT2D eigenvalue weighted by Crippen LogP contribution is 2.21. The van der Waals surface area contributed by atoms with Crippen LogP contribution in [0.3, 0.4) is 0 Å². The molecule has 0 aliphatic rings. The first-order chi connectivity index (χ1) is 10.4. The van der Waals surface area contributed by atoms with E-state index in [1.165, 1.54) is 24.0 Å². The molecule has 3 N–H and O–H groups in total. The Balaban J connectivity index is 0.000000422. The van der Waals surface area contributed by atoms with Crippen LogP contribution in [0, 0.1) is 6.92 Å². The molecule has 6 nitrogen and oxygen atoms in total. The molecule has 1 aromatic heterocycles. The summed E-state index contributed by atoms with van der Waals surface area (Å²) in [7, 11) is 1.95. The number of aliphatic hydroxyl groups is 2. The summed E-state index contributed by atoms with van der Waals surface area (Å²) in [5.74, 6) is -0.461. The molecule has 22 heavy (non-hydrogen) atoms. The van der Waals surface area contributed by atoms with Gasteiger partial charge >= 0.3 is 5.97 Å². The van der Waals surface area contributed by atoms with Gasteiger partial charge in [0.2, 0.25) is 0 Å². The molecule has 0 unspecified atom stereocenters. The van der Waals surface area contributed by atoms with Crippen molar-refractivity contribution in [1.82, 2.24) is 9.55 Å². The van der Waals surface area contributed by atoms with Crippen LogP contribution in [0.5, 0.6) is 0 Å². The fourth-order valence-electron chi connectivity index (χ4n) is 2.21. The van der Waals surface area contributed by atoms with Gasteiger partial charge in [-0.15, -0.1) is 0 Å². The Hall–Kier alpha value is -1.92. The van der Waals surface area contributed by atoms with Crippen LogP contribution in [0.15, 0.2) is 12.1 Å². The average Bonchev–Trinajstić information content (AvgIpc) is 2.81. The molecule has 122 valence electrons. The van der Waals surface area contributed by atoms with E-state index in [2.05, 4.69) is 31.0 Å². The standard InChI is InChI=1S/C14H20N2O.C2H4O3/c1-4-5-6-11-8-12-13(7-10(11)2)16(3)14(9-17)15-12;3-1-2(4)5/h7-8,17H,4-6,9H2,1-3H3;3H,1H2,(H,4,5). The molecule has 0 radical (unpaired) electrons. The number of carboxylic acid groups (broad SMARTS) is 1. The number of aliphatic hydroxyl groups excluding tert-OH is 2. The molecule has 0 spiro atoms. The first-order valence-electron chi connectivity index (χ1n) is 7.32. The monoisotopic (exact) mass is 308 g/mol. The summed E-state index contributed by atoms with van der Waals surface area (Å²) in [4.78, 5) is 13.6. The van der Waals surface area contributed by atoms with Crippen molar-refractivity contribution >= 4 is 17.0 Å². The highest BCUT2D eigenvalue weighted by Gasteiger charge is 2.09. The zero-order chi connectivity index (χ0) is 16.7. The van der Waals surface area contributed by atoms with Crippen molar-refractivity contribution in [3.63, 3.8) is 0 Å². The summed E-state index contributed by atoms with van der Waals surface area (Å²) < 4.78 is 1.96. The van der Waals surface area contributed by atoms with Gasteiger partial charge in [0.1, 0.15) is 19.0 Å². The molecule has 6 heteroatoms. The Morgan fingerprint density at radius 2 is 1.95 bits per heavy atom. The molecule has 2 rings (SSSR count). The van der Waals surface area contributed by atoms with E-state index in [0.29, 0.717) is 0 Å². The number of fused-ring (bicyclic) bond motifs is 1. The van der Waals surface area contributed by atoms with Crippen LogP contribution >= 0.6 is 0 Å². The van der Waals surface area contributed by atoms with E-state index >= 15 is 0 Å². The number of aromatic nitrogens is 2. The molecule has 0 amide bonds. The van der Waals surface area contributed by atoms with Gasteiger partial charge in [-0.1, -0.05) is 13.3 Å². The first kappa shape index (κ1) is 18.1. The summed E-state index contributed by atoms with van der Waals surface area (Å²) in [5, 5.41) is 24.2. The van der Waals surface area contributed by atoms with Gasteiger partial charge in [0.05, 0.1) is 11.0 Å². The summed E-state index contributed by atoms with van der Waals surface area (Å²) in [6, 6.07) is 4.34. The third-order valence-corrected chi connectivity index (χ3v) is 3.51. The smallest absolute Gasteiger partial charge is 0.329 e. The van der Waals surface area contributed by atoms with Crippen molar-refractivity contribution in [1.29, 1.82) is 0 Å². The predicted octanol–water partition coefficient (Wildman–Crippen LogP) is 1.78. The van der Waals surface area contributed by atoms with Gasteiger partial charge in [-0.05, 0) is 43.0 Å². The summed E-state index contributed by atoms with van der Waals surface area (Å²) in [5.41, 5.74) is 4.79. The van der Waals surface area contributed by atoms with E-state index in [0.717, 1.165) is 23.3 Å². The molecule has 0 bridgehead atoms. The fraction of sp³-hybridized carbons (Fsp3) is 0.500. The Kier molecular flexibility index (Phi) is 7.01. The number of imidazole rings is 1. The van der Waals surface area contributed by atoms with E-state index < -0.39 is 12.6 Å². The molecule has 0 aliphatic heterocycles. The molecule has 0 fully saturated rings. The number of unbranched alkanes of at least 4 members (excludes halogenated alkanes) is 1. The molecule has 0 saturated heterocycles. The van der Waals surface area contributed by atoms with Crippen molar-refractivity contribution in [2.24, 2.45) is 7.05 Å². The highest BCUT2D eigenvalue weighted by molar-refractivity contribution is 5.78. The number of aliphatic carboxylic acids is 1. The average molecular weight is 308 g/mol. The number of nitrogens with zero attached hydrogens (tertiary/aromatic N) is 2. The minimum absolute atomic E-state index is 0.00544. The molecule has 1 aromatic carbocycles. The van der Waals surface area contributed by atoms with Gasteiger partial charge in [-0.3, -0.25) is 0 Å². The Labute approximate surface area is 130 Å². The van der Waals surface area contributed by atoms with Crippen LogP contribution < -0.4 is 0 Å². The van der Waals surface area contributed by atoms with E-state index in [-0.39, 0.29) is 6.61 Å². The maximum absolute atomic E-state index is 9.22. The van der Waals surface area contributed by atoms with E-state index in [4.69, 9.17) is 15.0 Å². The zero-order valence-corrected chi connectivity index (χ0v) is 13.3. The van der Waals surface area contributed by atoms with E-state index in [1.54, 1.807) is 0 Å². The normalized spacial score (nSPS) is 10.4. The lowest BCUT2D eigenvalue weighted by Gasteiger charge is -2.06. The second-order valence-corrected chi connectivity index (χ2v) is 5.17. The van der Waals surface area contributed by atoms with Crippen LogP contribution in [-0.2, 0) is 24.9 Å². The third kappa shape index (κ3) is 4.54. The Morgan fingerprint density at radius 1 is 1.32 bits per heavy atom. The molecule has 0 saturated carbocycles. The van der Waals surface area contributed by atoms with Crippen LogP contribution in [0.1, 0.15) is 36.7 Å². The number of hydrogen-bond donors (Lipinski definition) is 3. The van der Waals surface area contributed by atoms with Crippen LogP contribution in [0.4, 0.5) is 0 Å². The number of rotatable bonds is 5. The van der Waals surface area contributed by atoms with Gasteiger partial charge in [-0.2, -0.15) is 0 Å². The van der Waals surface area contributed by atoms with Crippen molar-refractivity contribution in [2.45, 2.75) is 39.7 Å². The van der Waals surface area contributed by atoms with Crippen LogP contribution in [-0.4, -0.2) is 37.4 Å². The number of aryl methyl sites for hydroxylation is 3. The van der Waals surface area contributed by atoms with Gasteiger partial charge in [0.15, 0.2) is 0 Å². The molecular formula is C16H24N2O4. The number of hydrogen-bond acceptors (Lipinski definition) is 4. The first-order valence-corrected chi connectivity index (χ1v) is 7.32. The second-order valence-electron chi connectivity index (χ2n) is 5.17. The number of carboxylic acids is 1. The van der Waals surface area contributed by atoms with Crippen molar-refractivity contribution in [3.05, 3.63) is 29.1 Å². The zero-order valence-electron chi connectivity index (χ0n) is 13.3. The minimum Gasteiger partial charge on any atom is -0.480 e. The summed E-state index contributed by atoms with van der Waals surface area (Å²) in [6.07, 6.45) is 3.54. The maximum atomic E-state index is 9.22. The lowest BCUT2D eigenvalue weighted by Crippen LogP contribution is -1.98. The van der Waals surface area contributed by atoms with Crippen LogP contribution in [0.2, 0.25) is 0 Å². The van der Waals surface area contributed by atoms with Crippen molar-refractivity contribution in [3.8, 4) is 0 Å². The summed E-state index contributed by atoms with van der Waals surface area (Å²) >= 11 is 0. The van der Waals surface area contributed by atoms with Gasteiger partial charge < -0.3 is 19.9 Å². The molecule has 0 aliphatic carbocycles. The third-order valence-electron chi connectivity index (χ3n) is 3.51. The molecule has 2 aromatic rings. The molecule has 1 heterocycles. The SMILES string of the molecule is CCCCc1cc2nc(CO)n(C)c2cc1C.O=C(O)CO. The summed E-state index contributed by atoms with van der Waals surface area (Å²) in [6.45, 7) is 3.57. The van der Waals surface area contributed by atoms with Crippen LogP contribution in [0.25, 0.3) is 11.0 Å². The fourth-order valence-corrected chi connectivity index (χ4v) is 2.21. The van der Waals surface area contributed by atoms with Gasteiger partial charge in [0.25, 0.3) is 0 Å². The highest BCUT2D eigenvalue weighted by atomic mass is 16.4. The number of carbonyl (C=O) groups is 1. The predicted molar refractivity (Wildman–Crippen MR) is 84.7 cm³/mol. The van der Waals surface area contributed by atoms with E-state index in [9.17, 15) is 5.11 Å². The quantitative estimate of drug-likeness (QED) is 0.782. The Morgan fingerprint density at radius 3 is 2.45 bits per heavy atom. The Bertz CT molecular complexity index is 635. The largest absolute Gasteiger partial charge is 0.480 e. The van der Waals surface area contributed by atoms with E-state index in [1.807, 2.05) is 11.6 Å². The minimum atomic E-state index is -1.19. The van der Waals surface area contributed by atoms with Crippen molar-refractivity contribution in [2.75, 3.05) is 6.61 Å².